The molecule has 0 aromatic rings. The van der Waals surface area contributed by atoms with Crippen LogP contribution in [0.25, 0.3) is 0 Å². The number of carboxylic acid groups (broad SMARTS) is 1. The Kier molecular flexibility index (Phi) is 5.04. The summed E-state index contributed by atoms with van der Waals surface area (Å²) in [7, 11) is 0. The maximum Gasteiger partial charge on any atom is 0.324 e. The van der Waals surface area contributed by atoms with Crippen LogP contribution in [0.2, 0.25) is 0 Å². The van der Waals surface area contributed by atoms with Gasteiger partial charge >= 0.3 is 5.97 Å². The lowest BCUT2D eigenvalue weighted by Gasteiger charge is -2.35. The van der Waals surface area contributed by atoms with Crippen LogP contribution in [0.4, 0.5) is 0 Å². The third-order valence-corrected chi connectivity index (χ3v) is 4.51. The standard InChI is InChI=1S/C15H29N3O2/c1-12(2)16-15(3,14(19)20)11-17-7-5-9-18-8-4-6-13(18)10-17/h12-13,16H,4-11H2,1-3H3,(H,19,20). The minimum Gasteiger partial charge on any atom is -0.480 e. The molecule has 20 heavy (non-hydrogen) atoms. The molecule has 2 unspecified atom stereocenters. The summed E-state index contributed by atoms with van der Waals surface area (Å²) in [6.45, 7) is 10.8. The van der Waals surface area contributed by atoms with Gasteiger partial charge in [0.2, 0.25) is 0 Å². The molecule has 0 spiro atoms. The third kappa shape index (κ3) is 3.71. The van der Waals surface area contributed by atoms with Crippen LogP contribution in [0.1, 0.15) is 40.0 Å². The fourth-order valence-electron chi connectivity index (χ4n) is 3.69. The average Bonchev–Trinajstić information content (AvgIpc) is 2.67. The van der Waals surface area contributed by atoms with Crippen LogP contribution in [0, 0.1) is 0 Å². The summed E-state index contributed by atoms with van der Waals surface area (Å²) in [4.78, 5) is 16.6. The molecule has 2 aliphatic rings. The van der Waals surface area contributed by atoms with Gasteiger partial charge < -0.3 is 5.11 Å². The van der Waals surface area contributed by atoms with Gasteiger partial charge in [-0.2, -0.15) is 0 Å². The summed E-state index contributed by atoms with van der Waals surface area (Å²) in [5.74, 6) is -0.751. The fourth-order valence-corrected chi connectivity index (χ4v) is 3.69. The van der Waals surface area contributed by atoms with Gasteiger partial charge in [0.1, 0.15) is 5.54 Å². The Morgan fingerprint density at radius 3 is 2.70 bits per heavy atom. The normalized spacial score (nSPS) is 28.1. The van der Waals surface area contributed by atoms with Crippen molar-refractivity contribution in [3.05, 3.63) is 0 Å². The molecule has 5 nitrogen and oxygen atoms in total. The second-order valence-corrected chi connectivity index (χ2v) is 6.86. The van der Waals surface area contributed by atoms with Crippen molar-refractivity contribution < 1.29 is 9.90 Å². The van der Waals surface area contributed by atoms with E-state index in [4.69, 9.17) is 0 Å². The molecule has 0 aromatic heterocycles. The highest BCUT2D eigenvalue weighted by molar-refractivity contribution is 5.78. The van der Waals surface area contributed by atoms with Crippen molar-refractivity contribution in [3.63, 3.8) is 0 Å². The van der Waals surface area contributed by atoms with Gasteiger partial charge in [-0.3, -0.25) is 19.9 Å². The van der Waals surface area contributed by atoms with Crippen LogP contribution in [0.15, 0.2) is 0 Å². The first-order valence-electron chi connectivity index (χ1n) is 7.88. The summed E-state index contributed by atoms with van der Waals surface area (Å²) < 4.78 is 0. The van der Waals surface area contributed by atoms with E-state index in [0.29, 0.717) is 12.6 Å². The first-order valence-corrected chi connectivity index (χ1v) is 7.88. The summed E-state index contributed by atoms with van der Waals surface area (Å²) in [6, 6.07) is 0.806. The highest BCUT2D eigenvalue weighted by Crippen LogP contribution is 2.22. The van der Waals surface area contributed by atoms with Crippen molar-refractivity contribution >= 4 is 5.97 Å². The van der Waals surface area contributed by atoms with Gasteiger partial charge in [0.15, 0.2) is 0 Å². The first-order chi connectivity index (χ1) is 9.40. The predicted molar refractivity (Wildman–Crippen MR) is 80.0 cm³/mol. The molecule has 2 fully saturated rings. The first kappa shape index (κ1) is 15.7. The molecule has 0 aliphatic carbocycles. The van der Waals surface area contributed by atoms with E-state index in [1.54, 1.807) is 0 Å². The number of rotatable bonds is 5. The maximum atomic E-state index is 11.6. The second-order valence-electron chi connectivity index (χ2n) is 6.86. The van der Waals surface area contributed by atoms with Crippen molar-refractivity contribution in [3.8, 4) is 0 Å². The van der Waals surface area contributed by atoms with Gasteiger partial charge in [0.05, 0.1) is 0 Å². The van der Waals surface area contributed by atoms with Gasteiger partial charge in [0, 0.05) is 25.2 Å². The number of nitrogens with one attached hydrogen (secondary N) is 1. The number of nitrogens with zero attached hydrogens (tertiary/aromatic N) is 2. The van der Waals surface area contributed by atoms with Crippen LogP contribution in [-0.4, -0.2) is 71.2 Å². The van der Waals surface area contributed by atoms with Crippen LogP contribution in [-0.2, 0) is 4.79 Å². The van der Waals surface area contributed by atoms with Crippen LogP contribution in [0.5, 0.6) is 0 Å². The van der Waals surface area contributed by atoms with E-state index < -0.39 is 11.5 Å². The fraction of sp³-hybridized carbons (Fsp3) is 0.933. The molecule has 0 aromatic carbocycles. The Hall–Kier alpha value is -0.650. The van der Waals surface area contributed by atoms with Gasteiger partial charge in [-0.05, 0) is 59.7 Å². The molecule has 116 valence electrons. The molecule has 0 amide bonds. The van der Waals surface area contributed by atoms with Gasteiger partial charge in [-0.15, -0.1) is 0 Å². The molecule has 0 bridgehead atoms. The predicted octanol–water partition coefficient (Wildman–Crippen LogP) is 0.998. The Morgan fingerprint density at radius 1 is 1.35 bits per heavy atom. The van der Waals surface area contributed by atoms with Crippen LogP contribution < -0.4 is 5.32 Å². The second kappa shape index (κ2) is 6.41. The van der Waals surface area contributed by atoms with Gasteiger partial charge in [-0.1, -0.05) is 0 Å². The number of hydrogen-bond donors (Lipinski definition) is 2. The smallest absolute Gasteiger partial charge is 0.324 e. The number of hydrogen-bond acceptors (Lipinski definition) is 4. The Labute approximate surface area is 122 Å². The molecule has 2 atom stereocenters. The largest absolute Gasteiger partial charge is 0.480 e. The average molecular weight is 283 g/mol. The molecule has 2 saturated heterocycles. The van der Waals surface area contributed by atoms with E-state index in [2.05, 4.69) is 15.1 Å². The molecule has 2 aliphatic heterocycles. The minimum atomic E-state index is -0.859. The lowest BCUT2D eigenvalue weighted by molar-refractivity contribution is -0.145. The van der Waals surface area contributed by atoms with Gasteiger partial charge in [0.25, 0.3) is 0 Å². The zero-order valence-electron chi connectivity index (χ0n) is 13.1. The molecular weight excluding hydrogens is 254 g/mol. The summed E-state index contributed by atoms with van der Waals surface area (Å²) >= 11 is 0. The van der Waals surface area contributed by atoms with Crippen LogP contribution in [0.3, 0.4) is 0 Å². The summed E-state index contributed by atoms with van der Waals surface area (Å²) in [5.41, 5.74) is -0.859. The quantitative estimate of drug-likeness (QED) is 0.788. The van der Waals surface area contributed by atoms with Crippen molar-refractivity contribution in [2.45, 2.75) is 57.7 Å². The Bertz CT molecular complexity index is 348. The monoisotopic (exact) mass is 283 g/mol. The van der Waals surface area contributed by atoms with E-state index in [1.807, 2.05) is 20.8 Å². The lowest BCUT2D eigenvalue weighted by atomic mass is 10.00. The summed E-state index contributed by atoms with van der Waals surface area (Å²) in [5, 5.41) is 12.8. The highest BCUT2D eigenvalue weighted by atomic mass is 16.4. The highest BCUT2D eigenvalue weighted by Gasteiger charge is 2.37. The number of carboxylic acids is 1. The third-order valence-electron chi connectivity index (χ3n) is 4.51. The van der Waals surface area contributed by atoms with Crippen LogP contribution >= 0.6 is 0 Å². The molecular formula is C15H29N3O2. The SMILES string of the molecule is CC(C)NC(C)(CN1CCCN2CCCC2C1)C(=O)O. The zero-order chi connectivity index (χ0) is 14.8. The molecule has 5 heteroatoms. The summed E-state index contributed by atoms with van der Waals surface area (Å²) in [6.07, 6.45) is 3.70. The van der Waals surface area contributed by atoms with Crippen molar-refractivity contribution in [2.24, 2.45) is 0 Å². The Morgan fingerprint density at radius 2 is 2.05 bits per heavy atom. The van der Waals surface area contributed by atoms with Crippen molar-refractivity contribution in [1.82, 2.24) is 15.1 Å². The molecule has 2 heterocycles. The maximum absolute atomic E-state index is 11.6. The molecule has 0 saturated carbocycles. The van der Waals surface area contributed by atoms with Gasteiger partial charge in [-0.25, -0.2) is 0 Å². The van der Waals surface area contributed by atoms with E-state index >= 15 is 0 Å². The molecule has 2 N–H and O–H groups in total. The number of aliphatic carboxylic acids is 1. The lowest BCUT2D eigenvalue weighted by Crippen LogP contribution is -2.59. The van der Waals surface area contributed by atoms with E-state index in [0.717, 1.165) is 19.5 Å². The minimum absolute atomic E-state index is 0.172. The zero-order valence-corrected chi connectivity index (χ0v) is 13.1. The van der Waals surface area contributed by atoms with E-state index in [1.165, 1.54) is 25.9 Å². The number of carbonyl (C=O) groups is 1. The molecule has 2 rings (SSSR count). The van der Waals surface area contributed by atoms with E-state index in [9.17, 15) is 9.90 Å². The Balaban J connectivity index is 2.00. The molecule has 0 radical (unpaired) electrons. The van der Waals surface area contributed by atoms with E-state index in [-0.39, 0.29) is 6.04 Å². The van der Waals surface area contributed by atoms with Crippen molar-refractivity contribution in [2.75, 3.05) is 32.7 Å². The topological polar surface area (TPSA) is 55.8 Å². The number of fused-ring (bicyclic) bond motifs is 1. The van der Waals surface area contributed by atoms with Crippen molar-refractivity contribution in [1.29, 1.82) is 0 Å².